The van der Waals surface area contributed by atoms with Gasteiger partial charge in [0.25, 0.3) is 5.91 Å². The van der Waals surface area contributed by atoms with Gasteiger partial charge in [0.15, 0.2) is 0 Å². The van der Waals surface area contributed by atoms with Crippen LogP contribution in [0.4, 0.5) is 0 Å². The van der Waals surface area contributed by atoms with Crippen LogP contribution in [0.5, 0.6) is 0 Å². The third-order valence-electron chi connectivity index (χ3n) is 2.37. The molecule has 0 aliphatic carbocycles. The van der Waals surface area contributed by atoms with Crippen LogP contribution in [0.2, 0.25) is 0 Å². The predicted molar refractivity (Wildman–Crippen MR) is 74.4 cm³/mol. The zero-order valence-corrected chi connectivity index (χ0v) is 11.8. The first-order valence-corrected chi connectivity index (χ1v) is 6.91. The molecule has 2 nitrogen and oxygen atoms in total. The Morgan fingerprint density at radius 2 is 2.24 bits per heavy atom. The van der Waals surface area contributed by atoms with E-state index in [-0.39, 0.29) is 5.91 Å². The molecule has 0 unspecified atom stereocenters. The number of halogens is 1. The maximum atomic E-state index is 11.9. The Balaban J connectivity index is 2.04. The molecule has 1 heterocycles. The van der Waals surface area contributed by atoms with Gasteiger partial charge in [0.2, 0.25) is 0 Å². The van der Waals surface area contributed by atoms with Crippen LogP contribution in [-0.4, -0.2) is 5.91 Å². The van der Waals surface area contributed by atoms with Crippen LogP contribution in [-0.2, 0) is 6.54 Å². The van der Waals surface area contributed by atoms with E-state index in [1.54, 1.807) is 11.3 Å². The molecule has 0 radical (unpaired) electrons. The maximum absolute atomic E-state index is 11.9. The van der Waals surface area contributed by atoms with Crippen LogP contribution < -0.4 is 5.32 Å². The Morgan fingerprint density at radius 3 is 2.88 bits per heavy atom. The highest BCUT2D eigenvalue weighted by atomic mass is 79.9. The predicted octanol–water partition coefficient (Wildman–Crippen LogP) is 3.75. The quantitative estimate of drug-likeness (QED) is 0.919. The third kappa shape index (κ3) is 3.17. The van der Waals surface area contributed by atoms with Crippen molar-refractivity contribution in [3.05, 3.63) is 56.2 Å². The van der Waals surface area contributed by atoms with E-state index >= 15 is 0 Å². The molecule has 0 spiro atoms. The van der Waals surface area contributed by atoms with E-state index in [9.17, 15) is 4.79 Å². The van der Waals surface area contributed by atoms with Crippen molar-refractivity contribution in [2.75, 3.05) is 0 Å². The number of benzene rings is 1. The van der Waals surface area contributed by atoms with Crippen LogP contribution in [0.15, 0.2) is 40.2 Å². The Morgan fingerprint density at radius 1 is 1.41 bits per heavy atom. The number of carbonyl (C=O) groups is 1. The summed E-state index contributed by atoms with van der Waals surface area (Å²) in [6, 6.07) is 9.71. The SMILES string of the molecule is Cc1ccc(C(=O)NCc2cccs2)c(Br)c1. The average molecular weight is 310 g/mol. The van der Waals surface area contributed by atoms with Crippen molar-refractivity contribution in [1.82, 2.24) is 5.32 Å². The molecule has 4 heteroatoms. The van der Waals surface area contributed by atoms with Crippen molar-refractivity contribution < 1.29 is 4.79 Å². The monoisotopic (exact) mass is 309 g/mol. The van der Waals surface area contributed by atoms with Crippen LogP contribution in [0, 0.1) is 6.92 Å². The summed E-state index contributed by atoms with van der Waals surface area (Å²) in [5.74, 6) is -0.0507. The number of rotatable bonds is 3. The third-order valence-corrected chi connectivity index (χ3v) is 3.90. The number of carbonyl (C=O) groups excluding carboxylic acids is 1. The number of thiophene rings is 1. The molecule has 1 aromatic carbocycles. The van der Waals surface area contributed by atoms with Gasteiger partial charge in [-0.3, -0.25) is 4.79 Å². The summed E-state index contributed by atoms with van der Waals surface area (Å²) in [4.78, 5) is 13.1. The molecule has 1 amide bonds. The summed E-state index contributed by atoms with van der Waals surface area (Å²) < 4.78 is 0.834. The number of hydrogen-bond donors (Lipinski definition) is 1. The van der Waals surface area contributed by atoms with E-state index in [2.05, 4.69) is 21.2 Å². The molecule has 0 atom stereocenters. The molecule has 1 N–H and O–H groups in total. The topological polar surface area (TPSA) is 29.1 Å². The first kappa shape index (κ1) is 12.3. The van der Waals surface area contributed by atoms with Crippen LogP contribution in [0.1, 0.15) is 20.8 Å². The van der Waals surface area contributed by atoms with Gasteiger partial charge in [-0.2, -0.15) is 0 Å². The molecule has 0 fully saturated rings. The number of nitrogens with one attached hydrogen (secondary N) is 1. The van der Waals surface area contributed by atoms with E-state index < -0.39 is 0 Å². The van der Waals surface area contributed by atoms with Crippen molar-refractivity contribution in [3.63, 3.8) is 0 Å². The molecule has 17 heavy (non-hydrogen) atoms. The van der Waals surface area contributed by atoms with Gasteiger partial charge < -0.3 is 5.32 Å². The summed E-state index contributed by atoms with van der Waals surface area (Å²) in [5.41, 5.74) is 1.80. The molecule has 0 aliphatic rings. The van der Waals surface area contributed by atoms with Crippen molar-refractivity contribution in [3.8, 4) is 0 Å². The van der Waals surface area contributed by atoms with Crippen LogP contribution in [0.3, 0.4) is 0 Å². The lowest BCUT2D eigenvalue weighted by Gasteiger charge is -2.06. The van der Waals surface area contributed by atoms with E-state index in [1.807, 2.05) is 42.6 Å². The summed E-state index contributed by atoms with van der Waals surface area (Å²) >= 11 is 5.05. The van der Waals surface area contributed by atoms with Gasteiger partial charge in [0.05, 0.1) is 12.1 Å². The van der Waals surface area contributed by atoms with E-state index in [4.69, 9.17) is 0 Å². The highest BCUT2D eigenvalue weighted by Gasteiger charge is 2.09. The normalized spacial score (nSPS) is 10.2. The summed E-state index contributed by atoms with van der Waals surface area (Å²) in [7, 11) is 0. The van der Waals surface area contributed by atoms with Gasteiger partial charge in [0, 0.05) is 9.35 Å². The fraction of sp³-hybridized carbons (Fsp3) is 0.154. The van der Waals surface area contributed by atoms with Crippen molar-refractivity contribution in [1.29, 1.82) is 0 Å². The second-order valence-electron chi connectivity index (χ2n) is 3.75. The standard InChI is InChI=1S/C13H12BrNOS/c1-9-4-5-11(12(14)7-9)13(16)15-8-10-3-2-6-17-10/h2-7H,8H2,1H3,(H,15,16). The molecule has 0 aliphatic heterocycles. The number of hydrogen-bond acceptors (Lipinski definition) is 2. The lowest BCUT2D eigenvalue weighted by molar-refractivity contribution is 0.0950. The summed E-state index contributed by atoms with van der Waals surface area (Å²) in [6.07, 6.45) is 0. The first-order valence-electron chi connectivity index (χ1n) is 5.23. The highest BCUT2D eigenvalue weighted by Crippen LogP contribution is 2.18. The lowest BCUT2D eigenvalue weighted by atomic mass is 10.1. The molecule has 88 valence electrons. The van der Waals surface area contributed by atoms with E-state index in [0.29, 0.717) is 12.1 Å². The second kappa shape index (κ2) is 5.47. The van der Waals surface area contributed by atoms with Gasteiger partial charge in [-0.05, 0) is 52.0 Å². The Kier molecular flexibility index (Phi) is 3.97. The van der Waals surface area contributed by atoms with E-state index in [0.717, 1.165) is 14.9 Å². The van der Waals surface area contributed by atoms with Crippen LogP contribution in [0.25, 0.3) is 0 Å². The smallest absolute Gasteiger partial charge is 0.252 e. The fourth-order valence-corrected chi connectivity index (χ4v) is 2.80. The van der Waals surface area contributed by atoms with Crippen molar-refractivity contribution >= 4 is 33.2 Å². The molecular formula is C13H12BrNOS. The summed E-state index contributed by atoms with van der Waals surface area (Å²) in [6.45, 7) is 2.58. The molecule has 0 bridgehead atoms. The minimum atomic E-state index is -0.0507. The minimum absolute atomic E-state index is 0.0507. The number of amides is 1. The Labute approximate surface area is 113 Å². The van der Waals surface area contributed by atoms with Gasteiger partial charge in [-0.1, -0.05) is 12.1 Å². The maximum Gasteiger partial charge on any atom is 0.252 e. The average Bonchev–Trinajstić information content (AvgIpc) is 2.78. The first-order chi connectivity index (χ1) is 8.16. The van der Waals surface area contributed by atoms with Gasteiger partial charge >= 0.3 is 0 Å². The molecule has 2 rings (SSSR count). The lowest BCUT2D eigenvalue weighted by Crippen LogP contribution is -2.22. The molecule has 1 aromatic heterocycles. The molecule has 0 saturated carbocycles. The largest absolute Gasteiger partial charge is 0.347 e. The van der Waals surface area contributed by atoms with Gasteiger partial charge in [0.1, 0.15) is 0 Å². The van der Waals surface area contributed by atoms with Crippen molar-refractivity contribution in [2.45, 2.75) is 13.5 Å². The zero-order chi connectivity index (χ0) is 12.3. The van der Waals surface area contributed by atoms with Crippen molar-refractivity contribution in [2.24, 2.45) is 0 Å². The molecular weight excluding hydrogens is 298 g/mol. The highest BCUT2D eigenvalue weighted by molar-refractivity contribution is 9.10. The zero-order valence-electron chi connectivity index (χ0n) is 9.37. The Bertz CT molecular complexity index is 522. The Hall–Kier alpha value is -1.13. The molecule has 2 aromatic rings. The second-order valence-corrected chi connectivity index (χ2v) is 5.63. The van der Waals surface area contributed by atoms with Gasteiger partial charge in [-0.25, -0.2) is 0 Å². The van der Waals surface area contributed by atoms with E-state index in [1.165, 1.54) is 0 Å². The molecule has 0 saturated heterocycles. The minimum Gasteiger partial charge on any atom is -0.347 e. The summed E-state index contributed by atoms with van der Waals surface area (Å²) in [5, 5.41) is 4.91. The number of aryl methyl sites for hydroxylation is 1. The fourth-order valence-electron chi connectivity index (χ4n) is 1.48. The van der Waals surface area contributed by atoms with Gasteiger partial charge in [-0.15, -0.1) is 11.3 Å². The van der Waals surface area contributed by atoms with Crippen LogP contribution >= 0.6 is 27.3 Å².